The number of rotatable bonds is 1. The van der Waals surface area contributed by atoms with E-state index in [0.717, 1.165) is 0 Å². The summed E-state index contributed by atoms with van der Waals surface area (Å²) in [5, 5.41) is 0. The Morgan fingerprint density at radius 1 is 1.00 bits per heavy atom. The summed E-state index contributed by atoms with van der Waals surface area (Å²) < 4.78 is 0. The molecular formula is C11H16O. The number of hydrogen-bond acceptors (Lipinski definition) is 1. The van der Waals surface area contributed by atoms with E-state index in [-0.39, 0.29) is 16.6 Å². The first-order valence-corrected chi connectivity index (χ1v) is 4.28. The lowest BCUT2D eigenvalue weighted by Gasteiger charge is -2.27. The molecule has 1 heteroatoms. The quantitative estimate of drug-likeness (QED) is 0.544. The van der Waals surface area contributed by atoms with Gasteiger partial charge in [0.25, 0.3) is 0 Å². The molecule has 0 unspecified atom stereocenters. The molecule has 0 N–H and O–H groups in total. The number of Topliss-reactive ketones (excluding diaryl/α,β-unsaturated/α-hetero) is 1. The molecule has 0 radical (unpaired) electrons. The van der Waals surface area contributed by atoms with Gasteiger partial charge >= 0.3 is 0 Å². The van der Waals surface area contributed by atoms with Crippen LogP contribution in [0.15, 0.2) is 24.3 Å². The van der Waals surface area contributed by atoms with E-state index in [4.69, 9.17) is 0 Å². The molecule has 0 aromatic carbocycles. The predicted octanol–water partition coefficient (Wildman–Crippen LogP) is 2.73. The smallest absolute Gasteiger partial charge is 0.143 e. The minimum Gasteiger partial charge on any atom is -0.299 e. The van der Waals surface area contributed by atoms with E-state index in [0.29, 0.717) is 0 Å². The zero-order valence-electron chi connectivity index (χ0n) is 8.22. The third kappa shape index (κ3) is 1.66. The average molecular weight is 164 g/mol. The van der Waals surface area contributed by atoms with Crippen molar-refractivity contribution in [3.05, 3.63) is 24.3 Å². The fourth-order valence-corrected chi connectivity index (χ4v) is 1.12. The molecule has 12 heavy (non-hydrogen) atoms. The molecule has 0 spiro atoms. The van der Waals surface area contributed by atoms with Gasteiger partial charge in [0.15, 0.2) is 0 Å². The first-order chi connectivity index (χ1) is 5.36. The van der Waals surface area contributed by atoms with Gasteiger partial charge in [-0.15, -0.1) is 0 Å². The van der Waals surface area contributed by atoms with Crippen LogP contribution in [-0.4, -0.2) is 5.78 Å². The molecule has 0 fully saturated rings. The van der Waals surface area contributed by atoms with Crippen LogP contribution in [0.4, 0.5) is 0 Å². The van der Waals surface area contributed by atoms with Crippen LogP contribution >= 0.6 is 0 Å². The monoisotopic (exact) mass is 164 g/mol. The highest BCUT2D eigenvalue weighted by molar-refractivity contribution is 5.86. The summed E-state index contributed by atoms with van der Waals surface area (Å²) in [6.07, 6.45) is 8.17. The summed E-state index contributed by atoms with van der Waals surface area (Å²) in [5.41, 5.74) is -0.259. The lowest BCUT2D eigenvalue weighted by atomic mass is 9.76. The summed E-state index contributed by atoms with van der Waals surface area (Å²) in [5.74, 6) is 0.200. The minimum atomic E-state index is -0.366. The van der Waals surface area contributed by atoms with E-state index >= 15 is 0 Å². The van der Waals surface area contributed by atoms with Gasteiger partial charge in [0.2, 0.25) is 0 Å². The second-order valence-corrected chi connectivity index (χ2v) is 4.33. The van der Waals surface area contributed by atoms with Crippen molar-refractivity contribution in [1.82, 2.24) is 0 Å². The van der Waals surface area contributed by atoms with E-state index in [1.807, 2.05) is 19.1 Å². The Morgan fingerprint density at radius 3 is 1.75 bits per heavy atom. The summed E-state index contributed by atoms with van der Waals surface area (Å²) in [7, 11) is 0. The molecule has 0 bridgehead atoms. The maximum atomic E-state index is 11.2. The van der Waals surface area contributed by atoms with Crippen molar-refractivity contribution in [3.63, 3.8) is 0 Å². The standard InChI is InChI=1S/C11H16O/c1-9(12)11(4)7-5-10(2,3)6-8-11/h5-8H,1-4H3. The molecule has 0 atom stereocenters. The van der Waals surface area contributed by atoms with Gasteiger partial charge in [0, 0.05) is 5.41 Å². The second-order valence-electron chi connectivity index (χ2n) is 4.33. The van der Waals surface area contributed by atoms with Gasteiger partial charge in [-0.3, -0.25) is 4.79 Å². The van der Waals surface area contributed by atoms with Gasteiger partial charge in [-0.05, 0) is 13.8 Å². The van der Waals surface area contributed by atoms with Gasteiger partial charge in [0.05, 0.1) is 5.41 Å². The summed E-state index contributed by atoms with van der Waals surface area (Å²) in [6.45, 7) is 7.82. The highest BCUT2D eigenvalue weighted by Gasteiger charge is 2.28. The van der Waals surface area contributed by atoms with Gasteiger partial charge in [-0.2, -0.15) is 0 Å². The Morgan fingerprint density at radius 2 is 1.42 bits per heavy atom. The lowest BCUT2D eigenvalue weighted by Crippen LogP contribution is -2.24. The van der Waals surface area contributed by atoms with Crippen LogP contribution in [-0.2, 0) is 4.79 Å². The van der Waals surface area contributed by atoms with Gasteiger partial charge < -0.3 is 0 Å². The summed E-state index contributed by atoms with van der Waals surface area (Å²) in [4.78, 5) is 11.2. The molecule has 0 aliphatic heterocycles. The molecule has 1 rings (SSSR count). The fourth-order valence-electron chi connectivity index (χ4n) is 1.12. The predicted molar refractivity (Wildman–Crippen MR) is 50.8 cm³/mol. The summed E-state index contributed by atoms with van der Waals surface area (Å²) >= 11 is 0. The molecule has 1 nitrogen and oxygen atoms in total. The van der Waals surface area contributed by atoms with Crippen LogP contribution in [0.1, 0.15) is 27.7 Å². The third-order valence-electron chi connectivity index (χ3n) is 2.48. The molecule has 0 saturated carbocycles. The maximum Gasteiger partial charge on any atom is 0.143 e. The van der Waals surface area contributed by atoms with Crippen molar-refractivity contribution in [2.24, 2.45) is 10.8 Å². The van der Waals surface area contributed by atoms with Crippen LogP contribution < -0.4 is 0 Å². The maximum absolute atomic E-state index is 11.2. The SMILES string of the molecule is CC(=O)C1(C)C=CC(C)(C)C=C1. The number of allylic oxidation sites excluding steroid dienone is 4. The molecule has 0 aromatic rings. The zero-order valence-corrected chi connectivity index (χ0v) is 8.22. The Labute approximate surface area is 74.2 Å². The molecule has 0 aromatic heterocycles. The van der Waals surface area contributed by atoms with Crippen molar-refractivity contribution in [2.45, 2.75) is 27.7 Å². The van der Waals surface area contributed by atoms with Gasteiger partial charge in [-0.25, -0.2) is 0 Å². The molecule has 66 valence electrons. The van der Waals surface area contributed by atoms with Crippen LogP contribution in [0.5, 0.6) is 0 Å². The van der Waals surface area contributed by atoms with Gasteiger partial charge in [-0.1, -0.05) is 38.2 Å². The number of carbonyl (C=O) groups excluding carboxylic acids is 1. The van der Waals surface area contributed by atoms with Crippen molar-refractivity contribution in [2.75, 3.05) is 0 Å². The Kier molecular flexibility index (Phi) is 1.99. The first-order valence-electron chi connectivity index (χ1n) is 4.28. The number of carbonyl (C=O) groups is 1. The molecule has 0 saturated heterocycles. The minimum absolute atomic E-state index is 0.106. The summed E-state index contributed by atoms with van der Waals surface area (Å²) in [6, 6.07) is 0. The van der Waals surface area contributed by atoms with E-state index < -0.39 is 0 Å². The highest BCUT2D eigenvalue weighted by atomic mass is 16.1. The zero-order chi connectivity index (χ0) is 9.41. The van der Waals surface area contributed by atoms with Crippen LogP contribution in [0.25, 0.3) is 0 Å². The molecule has 0 amide bonds. The van der Waals surface area contributed by atoms with Crippen molar-refractivity contribution in [1.29, 1.82) is 0 Å². The second kappa shape index (κ2) is 2.58. The van der Waals surface area contributed by atoms with E-state index in [1.165, 1.54) is 0 Å². The molecule has 0 heterocycles. The Hall–Kier alpha value is -0.850. The Balaban J connectivity index is 2.93. The van der Waals surface area contributed by atoms with Crippen molar-refractivity contribution >= 4 is 5.78 Å². The third-order valence-corrected chi connectivity index (χ3v) is 2.48. The Bertz CT molecular complexity index is 240. The fraction of sp³-hybridized carbons (Fsp3) is 0.545. The van der Waals surface area contributed by atoms with Crippen molar-refractivity contribution < 1.29 is 4.79 Å². The largest absolute Gasteiger partial charge is 0.299 e. The highest BCUT2D eigenvalue weighted by Crippen LogP contribution is 2.33. The van der Waals surface area contributed by atoms with Crippen LogP contribution in [0, 0.1) is 10.8 Å². The number of ketones is 1. The van der Waals surface area contributed by atoms with Crippen molar-refractivity contribution in [3.8, 4) is 0 Å². The van der Waals surface area contributed by atoms with E-state index in [9.17, 15) is 4.79 Å². The topological polar surface area (TPSA) is 17.1 Å². The van der Waals surface area contributed by atoms with Crippen LogP contribution in [0.3, 0.4) is 0 Å². The van der Waals surface area contributed by atoms with E-state index in [2.05, 4.69) is 26.0 Å². The number of hydrogen-bond donors (Lipinski definition) is 0. The van der Waals surface area contributed by atoms with Gasteiger partial charge in [0.1, 0.15) is 5.78 Å². The van der Waals surface area contributed by atoms with E-state index in [1.54, 1.807) is 6.92 Å². The average Bonchev–Trinajstić information content (AvgIpc) is 1.96. The first kappa shape index (κ1) is 9.24. The molecule has 1 aliphatic rings. The normalized spacial score (nSPS) is 24.0. The van der Waals surface area contributed by atoms with Crippen LogP contribution in [0.2, 0.25) is 0 Å². The lowest BCUT2D eigenvalue weighted by molar-refractivity contribution is -0.121. The molecular weight excluding hydrogens is 148 g/mol. The molecule has 1 aliphatic carbocycles.